The normalized spacial score (nSPS) is 13.3. The fourth-order valence-corrected chi connectivity index (χ4v) is 4.36. The number of urea groups is 1. The number of carbonyl (C=O) groups is 1. The molecule has 0 saturated heterocycles. The highest BCUT2D eigenvalue weighted by Crippen LogP contribution is 2.31. The van der Waals surface area contributed by atoms with Crippen molar-refractivity contribution in [1.82, 2.24) is 19.8 Å². The van der Waals surface area contributed by atoms with E-state index in [0.717, 1.165) is 18.5 Å². The summed E-state index contributed by atoms with van der Waals surface area (Å²) < 4.78 is 15.8. The second-order valence-corrected chi connectivity index (χ2v) is 7.84. The first-order chi connectivity index (χ1) is 15.2. The lowest BCUT2D eigenvalue weighted by Crippen LogP contribution is -2.42. The molecule has 5 rings (SSSR count). The Labute approximate surface area is 180 Å². The zero-order valence-electron chi connectivity index (χ0n) is 17.1. The van der Waals surface area contributed by atoms with Gasteiger partial charge in [0.2, 0.25) is 0 Å². The number of nitrogens with one attached hydrogen (secondary N) is 1. The van der Waals surface area contributed by atoms with Gasteiger partial charge in [0.1, 0.15) is 5.82 Å². The summed E-state index contributed by atoms with van der Waals surface area (Å²) in [6.45, 7) is 2.30. The molecular weight excluding hydrogens is 391 g/mol. The van der Waals surface area contributed by atoms with Gasteiger partial charge in [-0.3, -0.25) is 4.98 Å². The van der Waals surface area contributed by atoms with Crippen LogP contribution in [-0.4, -0.2) is 27.0 Å². The lowest BCUT2D eigenvalue weighted by atomic mass is 10.0. The van der Waals surface area contributed by atoms with Crippen LogP contribution < -0.4 is 5.32 Å². The van der Waals surface area contributed by atoms with E-state index in [1.807, 2.05) is 41.6 Å². The van der Waals surface area contributed by atoms with E-state index in [1.165, 1.54) is 39.9 Å². The van der Waals surface area contributed by atoms with Crippen LogP contribution in [0, 0.1) is 5.82 Å². The number of pyridine rings is 1. The molecule has 156 valence electrons. The molecule has 0 fully saturated rings. The van der Waals surface area contributed by atoms with Crippen molar-refractivity contribution < 1.29 is 9.18 Å². The molecule has 6 heteroatoms. The van der Waals surface area contributed by atoms with Crippen LogP contribution in [0.1, 0.15) is 22.4 Å². The average molecular weight is 414 g/mol. The number of rotatable bonds is 4. The molecule has 2 aromatic heterocycles. The fourth-order valence-electron chi connectivity index (χ4n) is 4.36. The minimum absolute atomic E-state index is 0.124. The van der Waals surface area contributed by atoms with Gasteiger partial charge in [0, 0.05) is 67.2 Å². The smallest absolute Gasteiger partial charge is 0.317 e. The topological polar surface area (TPSA) is 50.2 Å². The molecule has 0 unspecified atom stereocenters. The van der Waals surface area contributed by atoms with E-state index in [-0.39, 0.29) is 11.8 Å². The summed E-state index contributed by atoms with van der Waals surface area (Å²) in [7, 11) is 0. The van der Waals surface area contributed by atoms with Crippen LogP contribution in [-0.2, 0) is 26.1 Å². The Morgan fingerprint density at radius 1 is 1.03 bits per heavy atom. The standard InChI is InChI=1S/C25H23FN4O/c26-20-5-3-4-19(14-20)15-28-25(31)29-13-10-24-22(17-29)21-6-1-2-7-23(21)30(24)16-18-8-11-27-12-9-18/h1-9,11-12,14H,10,13,15-17H2,(H,28,31). The number of nitrogens with zero attached hydrogens (tertiary/aromatic N) is 3. The number of halogens is 1. The van der Waals surface area contributed by atoms with Crippen molar-refractivity contribution in [3.63, 3.8) is 0 Å². The third-order valence-electron chi connectivity index (χ3n) is 5.87. The lowest BCUT2D eigenvalue weighted by Gasteiger charge is -2.28. The van der Waals surface area contributed by atoms with Crippen molar-refractivity contribution >= 4 is 16.9 Å². The van der Waals surface area contributed by atoms with Gasteiger partial charge >= 0.3 is 6.03 Å². The van der Waals surface area contributed by atoms with Crippen molar-refractivity contribution in [2.75, 3.05) is 6.54 Å². The molecule has 1 aliphatic rings. The first-order valence-electron chi connectivity index (χ1n) is 10.4. The van der Waals surface area contributed by atoms with Crippen molar-refractivity contribution in [1.29, 1.82) is 0 Å². The molecule has 0 atom stereocenters. The molecule has 0 bridgehead atoms. The molecule has 4 aromatic rings. The van der Waals surface area contributed by atoms with Gasteiger partial charge in [0.05, 0.1) is 0 Å². The van der Waals surface area contributed by atoms with E-state index in [1.54, 1.807) is 6.07 Å². The van der Waals surface area contributed by atoms with Gasteiger partial charge in [0.15, 0.2) is 0 Å². The molecule has 1 aliphatic heterocycles. The lowest BCUT2D eigenvalue weighted by molar-refractivity contribution is 0.191. The Morgan fingerprint density at radius 3 is 2.71 bits per heavy atom. The molecule has 0 spiro atoms. The zero-order chi connectivity index (χ0) is 21.2. The maximum Gasteiger partial charge on any atom is 0.317 e. The van der Waals surface area contributed by atoms with Crippen LogP contribution >= 0.6 is 0 Å². The summed E-state index contributed by atoms with van der Waals surface area (Å²) in [6.07, 6.45) is 4.43. The van der Waals surface area contributed by atoms with Crippen LogP contribution in [0.15, 0.2) is 73.1 Å². The largest absolute Gasteiger partial charge is 0.340 e. The van der Waals surface area contributed by atoms with Crippen molar-refractivity contribution in [3.05, 3.63) is 101 Å². The molecule has 0 radical (unpaired) electrons. The van der Waals surface area contributed by atoms with E-state index in [4.69, 9.17) is 0 Å². The van der Waals surface area contributed by atoms with Gasteiger partial charge in [-0.2, -0.15) is 0 Å². The van der Waals surface area contributed by atoms with E-state index < -0.39 is 0 Å². The second-order valence-electron chi connectivity index (χ2n) is 7.84. The minimum Gasteiger partial charge on any atom is -0.340 e. The zero-order valence-corrected chi connectivity index (χ0v) is 17.1. The fraction of sp³-hybridized carbons (Fsp3) is 0.200. The molecule has 31 heavy (non-hydrogen) atoms. The highest BCUT2D eigenvalue weighted by molar-refractivity contribution is 5.87. The predicted octanol–water partition coefficient (Wildman–Crippen LogP) is 4.49. The highest BCUT2D eigenvalue weighted by Gasteiger charge is 2.26. The van der Waals surface area contributed by atoms with E-state index >= 15 is 0 Å². The second kappa shape index (κ2) is 8.22. The van der Waals surface area contributed by atoms with Gasteiger partial charge in [-0.1, -0.05) is 30.3 Å². The highest BCUT2D eigenvalue weighted by atomic mass is 19.1. The number of fused-ring (bicyclic) bond motifs is 3. The van der Waals surface area contributed by atoms with Gasteiger partial charge in [-0.15, -0.1) is 0 Å². The number of para-hydroxylation sites is 1. The molecule has 0 saturated carbocycles. The van der Waals surface area contributed by atoms with E-state index in [2.05, 4.69) is 33.1 Å². The summed E-state index contributed by atoms with van der Waals surface area (Å²) in [5.41, 5.74) is 5.63. The minimum atomic E-state index is -0.295. The molecule has 2 aromatic carbocycles. The van der Waals surface area contributed by atoms with Gasteiger partial charge in [-0.05, 0) is 41.5 Å². The van der Waals surface area contributed by atoms with Crippen LogP contribution in [0.3, 0.4) is 0 Å². The first-order valence-corrected chi connectivity index (χ1v) is 10.4. The molecule has 0 aliphatic carbocycles. The van der Waals surface area contributed by atoms with Crippen LogP contribution in [0.2, 0.25) is 0 Å². The first kappa shape index (κ1) is 19.3. The summed E-state index contributed by atoms with van der Waals surface area (Å²) in [6, 6.07) is 18.6. The maximum absolute atomic E-state index is 13.4. The summed E-state index contributed by atoms with van der Waals surface area (Å²) in [5, 5.41) is 4.12. The van der Waals surface area contributed by atoms with Crippen LogP contribution in [0.5, 0.6) is 0 Å². The number of benzene rings is 2. The Morgan fingerprint density at radius 2 is 1.87 bits per heavy atom. The summed E-state index contributed by atoms with van der Waals surface area (Å²) in [5.74, 6) is -0.295. The summed E-state index contributed by atoms with van der Waals surface area (Å²) in [4.78, 5) is 18.8. The number of hydrogen-bond donors (Lipinski definition) is 1. The Balaban J connectivity index is 1.38. The molecule has 1 N–H and O–H groups in total. The van der Waals surface area contributed by atoms with Crippen LogP contribution in [0.4, 0.5) is 9.18 Å². The molecule has 5 nitrogen and oxygen atoms in total. The van der Waals surface area contributed by atoms with E-state index in [0.29, 0.717) is 19.6 Å². The number of amides is 2. The third-order valence-corrected chi connectivity index (χ3v) is 5.87. The van der Waals surface area contributed by atoms with Gasteiger partial charge < -0.3 is 14.8 Å². The maximum atomic E-state index is 13.4. The Kier molecular flexibility index (Phi) is 5.12. The quantitative estimate of drug-likeness (QED) is 0.535. The number of carbonyl (C=O) groups excluding carboxylic acids is 1. The summed E-state index contributed by atoms with van der Waals surface area (Å²) >= 11 is 0. The molecule has 3 heterocycles. The SMILES string of the molecule is O=C(NCc1cccc(F)c1)N1CCc2c(c3ccccc3n2Cc2ccncc2)C1. The van der Waals surface area contributed by atoms with Crippen LogP contribution in [0.25, 0.3) is 10.9 Å². The van der Waals surface area contributed by atoms with Gasteiger partial charge in [0.25, 0.3) is 0 Å². The van der Waals surface area contributed by atoms with E-state index in [9.17, 15) is 9.18 Å². The van der Waals surface area contributed by atoms with Gasteiger partial charge in [-0.25, -0.2) is 9.18 Å². The van der Waals surface area contributed by atoms with Crippen molar-refractivity contribution in [3.8, 4) is 0 Å². The molecular formula is C25H23FN4O. The average Bonchev–Trinajstić information content (AvgIpc) is 3.11. The monoisotopic (exact) mass is 414 g/mol. The number of aromatic nitrogens is 2. The Hall–Kier alpha value is -3.67. The third kappa shape index (κ3) is 3.89. The van der Waals surface area contributed by atoms with Crippen molar-refractivity contribution in [2.45, 2.75) is 26.1 Å². The number of hydrogen-bond acceptors (Lipinski definition) is 2. The predicted molar refractivity (Wildman–Crippen MR) is 118 cm³/mol. The Bertz CT molecular complexity index is 1230. The molecule has 2 amide bonds. The van der Waals surface area contributed by atoms with Crippen molar-refractivity contribution in [2.24, 2.45) is 0 Å².